The van der Waals surface area contributed by atoms with E-state index in [0.29, 0.717) is 13.0 Å². The van der Waals surface area contributed by atoms with Gasteiger partial charge in [0.05, 0.1) is 24.6 Å². The Balaban J connectivity index is 1.55. The Morgan fingerprint density at radius 1 is 0.884 bits per heavy atom. The molecule has 0 aliphatic carbocycles. The molecule has 0 N–H and O–H groups in total. The van der Waals surface area contributed by atoms with Crippen LogP contribution in [0.4, 0.5) is 5.69 Å². The third-order valence-electron chi connectivity index (χ3n) is 8.16. The van der Waals surface area contributed by atoms with Crippen molar-refractivity contribution in [2.75, 3.05) is 18.6 Å². The predicted molar refractivity (Wildman–Crippen MR) is 181 cm³/mol. The molecule has 43 heavy (non-hydrogen) atoms. The third kappa shape index (κ3) is 11.6. The quantitative estimate of drug-likeness (QED) is 0.0894. The van der Waals surface area contributed by atoms with Crippen LogP contribution in [-0.2, 0) is 11.3 Å². The van der Waals surface area contributed by atoms with Crippen molar-refractivity contribution in [3.05, 3.63) is 70.2 Å². The molecule has 1 unspecified atom stereocenters. The van der Waals surface area contributed by atoms with Gasteiger partial charge in [0, 0.05) is 17.7 Å². The molecule has 0 aliphatic rings. The van der Waals surface area contributed by atoms with Gasteiger partial charge in [-0.15, -0.1) is 0 Å². The minimum absolute atomic E-state index is 0.0958. The molecule has 0 fully saturated rings. The van der Waals surface area contributed by atoms with E-state index < -0.39 is 0 Å². The molecular formula is C37H55N2O3S+. The second-order valence-corrected chi connectivity index (χ2v) is 12.8. The van der Waals surface area contributed by atoms with E-state index in [9.17, 15) is 4.79 Å². The summed E-state index contributed by atoms with van der Waals surface area (Å²) < 4.78 is 14.1. The summed E-state index contributed by atoms with van der Waals surface area (Å²) >= 11 is 1.74. The zero-order valence-electron chi connectivity index (χ0n) is 27.4. The molecule has 0 aliphatic heterocycles. The maximum absolute atomic E-state index is 13.3. The molecule has 2 aromatic carbocycles. The number of ether oxygens (including phenoxy) is 2. The lowest BCUT2D eigenvalue weighted by molar-refractivity contribution is -0.683. The van der Waals surface area contributed by atoms with Crippen LogP contribution in [0.2, 0.25) is 0 Å². The smallest absolute Gasteiger partial charge is 0.227 e. The fourth-order valence-electron chi connectivity index (χ4n) is 5.64. The maximum atomic E-state index is 13.3. The maximum Gasteiger partial charge on any atom is 0.227 e. The van der Waals surface area contributed by atoms with Gasteiger partial charge in [-0.1, -0.05) is 114 Å². The Morgan fingerprint density at radius 2 is 1.56 bits per heavy atom. The summed E-state index contributed by atoms with van der Waals surface area (Å²) in [6.07, 6.45) is 18.4. The van der Waals surface area contributed by atoms with E-state index in [-0.39, 0.29) is 11.9 Å². The molecule has 5 nitrogen and oxygen atoms in total. The van der Waals surface area contributed by atoms with Crippen molar-refractivity contribution < 1.29 is 18.8 Å². The first-order chi connectivity index (χ1) is 21.0. The lowest BCUT2D eigenvalue weighted by Gasteiger charge is -2.30. The zero-order chi connectivity index (χ0) is 30.9. The first-order valence-electron chi connectivity index (χ1n) is 16.6. The van der Waals surface area contributed by atoms with E-state index in [4.69, 9.17) is 9.47 Å². The van der Waals surface area contributed by atoms with Crippen molar-refractivity contribution in [1.82, 2.24) is 0 Å². The average molecular weight is 608 g/mol. The molecule has 1 amide bonds. The lowest BCUT2D eigenvalue weighted by atomic mass is 10.0. The number of amides is 1. The second-order valence-electron chi connectivity index (χ2n) is 11.7. The van der Waals surface area contributed by atoms with Crippen LogP contribution in [0.25, 0.3) is 0 Å². The van der Waals surface area contributed by atoms with Gasteiger partial charge in [0.25, 0.3) is 0 Å². The number of aromatic nitrogens is 1. The number of anilines is 1. The molecule has 236 valence electrons. The number of nitrogens with zero attached hydrogens (tertiary/aromatic N) is 2. The number of carbonyl (C=O) groups is 1. The minimum Gasteiger partial charge on any atom is -0.493 e. The Bertz CT molecular complexity index is 1220. The van der Waals surface area contributed by atoms with Gasteiger partial charge in [0.1, 0.15) is 0 Å². The first-order valence-corrected chi connectivity index (χ1v) is 17.5. The van der Waals surface area contributed by atoms with E-state index >= 15 is 0 Å². The van der Waals surface area contributed by atoms with Gasteiger partial charge >= 0.3 is 0 Å². The van der Waals surface area contributed by atoms with Crippen LogP contribution < -0.4 is 18.9 Å². The zero-order valence-corrected chi connectivity index (χ0v) is 28.2. The number of hydrogen-bond donors (Lipinski definition) is 0. The minimum atomic E-state index is -0.154. The number of unbranched alkanes of at least 4 members (excludes halogenated alkanes) is 11. The SMILES string of the molecule is CCCCCCCCCCCCCCOc1cc(C(C)N(C(=O)CC)c2cccc(C[n+]3csc(C)c3)c2)ccc1OC. The van der Waals surface area contributed by atoms with E-state index in [1.54, 1.807) is 18.4 Å². The molecule has 0 spiro atoms. The number of hydrogen-bond acceptors (Lipinski definition) is 4. The van der Waals surface area contributed by atoms with Crippen LogP contribution in [0.15, 0.2) is 54.2 Å². The third-order valence-corrected chi connectivity index (χ3v) is 9.01. The van der Waals surface area contributed by atoms with Crippen molar-refractivity contribution in [1.29, 1.82) is 0 Å². The van der Waals surface area contributed by atoms with Crippen LogP contribution >= 0.6 is 11.3 Å². The van der Waals surface area contributed by atoms with E-state index in [1.807, 2.05) is 42.2 Å². The van der Waals surface area contributed by atoms with Crippen molar-refractivity contribution in [2.45, 2.75) is 124 Å². The lowest BCUT2D eigenvalue weighted by Crippen LogP contribution is -2.34. The van der Waals surface area contributed by atoms with Crippen molar-refractivity contribution in [3.63, 3.8) is 0 Å². The van der Waals surface area contributed by atoms with Crippen LogP contribution in [-0.4, -0.2) is 19.6 Å². The number of thiazole rings is 1. The van der Waals surface area contributed by atoms with Gasteiger partial charge in [-0.2, -0.15) is 4.57 Å². The van der Waals surface area contributed by atoms with Crippen molar-refractivity contribution in [3.8, 4) is 11.5 Å². The topological polar surface area (TPSA) is 42.7 Å². The standard InChI is InChI=1S/C37H55N2O3S/c1-6-8-9-10-11-12-13-14-15-16-17-18-24-42-36-26-33(22-23-35(36)41-5)31(4)39(37(40)7-2)34-21-19-20-32(25-34)28-38-27-30(3)43-29-38/h19-23,25-27,29,31H,6-18,24,28H2,1-5H3/q+1. The summed E-state index contributed by atoms with van der Waals surface area (Å²) in [5, 5.41) is 0. The van der Waals surface area contributed by atoms with Crippen molar-refractivity contribution in [2.24, 2.45) is 0 Å². The van der Waals surface area contributed by atoms with Gasteiger partial charge in [-0.3, -0.25) is 4.79 Å². The average Bonchev–Trinajstić information content (AvgIpc) is 3.43. The normalized spacial score (nSPS) is 11.8. The van der Waals surface area contributed by atoms with Gasteiger partial charge in [-0.05, 0) is 50.1 Å². The molecule has 1 heterocycles. The Hall–Kier alpha value is -2.86. The van der Waals surface area contributed by atoms with E-state index in [1.165, 1.54) is 81.1 Å². The van der Waals surface area contributed by atoms with Gasteiger partial charge in [0.15, 0.2) is 24.2 Å². The van der Waals surface area contributed by atoms with Crippen molar-refractivity contribution >= 4 is 22.9 Å². The molecule has 0 saturated carbocycles. The summed E-state index contributed by atoms with van der Waals surface area (Å²) in [6.45, 7) is 9.86. The molecule has 0 saturated heterocycles. The predicted octanol–water partition coefficient (Wildman–Crippen LogP) is 9.99. The number of aryl methyl sites for hydroxylation is 1. The molecule has 3 rings (SSSR count). The van der Waals surface area contributed by atoms with Crippen LogP contribution in [0, 0.1) is 6.92 Å². The summed E-state index contributed by atoms with van der Waals surface area (Å²) in [7, 11) is 1.68. The molecular weight excluding hydrogens is 552 g/mol. The highest BCUT2D eigenvalue weighted by molar-refractivity contribution is 7.09. The number of rotatable bonds is 21. The molecule has 1 aromatic heterocycles. The fraction of sp³-hybridized carbons (Fsp3) is 0.568. The molecule has 3 aromatic rings. The molecule has 6 heteroatoms. The Morgan fingerprint density at radius 3 is 2.16 bits per heavy atom. The van der Waals surface area contributed by atoms with Crippen LogP contribution in [0.1, 0.15) is 126 Å². The first kappa shape index (κ1) is 34.6. The Labute approximate surface area is 265 Å². The van der Waals surface area contributed by atoms with Gasteiger partial charge in [-0.25, -0.2) is 0 Å². The highest BCUT2D eigenvalue weighted by Crippen LogP contribution is 2.35. The highest BCUT2D eigenvalue weighted by atomic mass is 32.1. The largest absolute Gasteiger partial charge is 0.493 e. The summed E-state index contributed by atoms with van der Waals surface area (Å²) in [6, 6.07) is 14.2. The number of carbonyl (C=O) groups excluding carboxylic acids is 1. The fourth-order valence-corrected chi connectivity index (χ4v) is 6.27. The van der Waals surface area contributed by atoms with Crippen LogP contribution in [0.3, 0.4) is 0 Å². The summed E-state index contributed by atoms with van der Waals surface area (Å²) in [5.41, 5.74) is 5.25. The molecule has 0 radical (unpaired) electrons. The number of methoxy groups -OCH3 is 1. The molecule has 0 bridgehead atoms. The van der Waals surface area contributed by atoms with E-state index in [0.717, 1.165) is 35.7 Å². The highest BCUT2D eigenvalue weighted by Gasteiger charge is 2.24. The van der Waals surface area contributed by atoms with Gasteiger partial charge in [0.2, 0.25) is 11.4 Å². The molecule has 1 atom stereocenters. The summed E-state index contributed by atoms with van der Waals surface area (Å²) in [5.74, 6) is 1.57. The summed E-state index contributed by atoms with van der Waals surface area (Å²) in [4.78, 5) is 16.5. The second kappa shape index (κ2) is 19.4. The van der Waals surface area contributed by atoms with E-state index in [2.05, 4.69) is 49.2 Å². The van der Waals surface area contributed by atoms with Gasteiger partial charge < -0.3 is 14.4 Å². The Kier molecular flexibility index (Phi) is 15.6. The monoisotopic (exact) mass is 607 g/mol. The van der Waals surface area contributed by atoms with Crippen LogP contribution in [0.5, 0.6) is 11.5 Å². The number of benzene rings is 2.